The molecule has 0 aromatic heterocycles. The Morgan fingerprint density at radius 1 is 0.974 bits per heavy atom. The number of nitrogens with one attached hydrogen (secondary N) is 3. The SMILES string of the molecule is CCCCc1ccc(CNC(C(NC(=O)CNC(=O)c2cccc(C(F)(F)F)c2)C(N)=O)C(C)(C)C)cc1. The average molecular weight is 535 g/mol. The molecule has 7 nitrogen and oxygen atoms in total. The minimum atomic E-state index is -4.60. The summed E-state index contributed by atoms with van der Waals surface area (Å²) in [7, 11) is 0. The van der Waals surface area contributed by atoms with E-state index in [-0.39, 0.29) is 5.56 Å². The molecule has 2 atom stereocenters. The Balaban J connectivity index is 2.04. The number of nitrogens with two attached hydrogens (primary N) is 1. The van der Waals surface area contributed by atoms with Gasteiger partial charge in [-0.2, -0.15) is 13.2 Å². The highest BCUT2D eigenvalue weighted by molar-refractivity contribution is 5.97. The van der Waals surface area contributed by atoms with Gasteiger partial charge in [-0.3, -0.25) is 14.4 Å². The van der Waals surface area contributed by atoms with Crippen LogP contribution in [-0.2, 0) is 28.7 Å². The third kappa shape index (κ3) is 9.48. The predicted molar refractivity (Wildman–Crippen MR) is 140 cm³/mol. The number of amides is 3. The maximum Gasteiger partial charge on any atom is 0.416 e. The van der Waals surface area contributed by atoms with Crippen molar-refractivity contribution >= 4 is 17.7 Å². The molecule has 0 saturated carbocycles. The molecule has 2 rings (SSSR count). The van der Waals surface area contributed by atoms with Crippen LogP contribution in [0.15, 0.2) is 48.5 Å². The lowest BCUT2D eigenvalue weighted by atomic mass is 9.81. The van der Waals surface area contributed by atoms with E-state index in [9.17, 15) is 27.6 Å². The van der Waals surface area contributed by atoms with Gasteiger partial charge < -0.3 is 21.7 Å². The summed E-state index contributed by atoms with van der Waals surface area (Å²) in [4.78, 5) is 37.3. The highest BCUT2D eigenvalue weighted by Gasteiger charge is 2.36. The highest BCUT2D eigenvalue weighted by Crippen LogP contribution is 2.29. The largest absolute Gasteiger partial charge is 0.416 e. The Morgan fingerprint density at radius 3 is 2.16 bits per heavy atom. The number of halogens is 3. The summed E-state index contributed by atoms with van der Waals surface area (Å²) in [6.45, 7) is 7.72. The van der Waals surface area contributed by atoms with E-state index >= 15 is 0 Å². The third-order valence-electron chi connectivity index (χ3n) is 6.12. The Hall–Kier alpha value is -3.40. The lowest BCUT2D eigenvalue weighted by molar-refractivity contribution is -0.137. The molecule has 0 fully saturated rings. The van der Waals surface area contributed by atoms with Crippen LogP contribution in [0.3, 0.4) is 0 Å². The number of unbranched alkanes of at least 4 members (excludes halogenated alkanes) is 1. The minimum absolute atomic E-state index is 0.242. The molecular weight excluding hydrogens is 497 g/mol. The van der Waals surface area contributed by atoms with E-state index in [1.165, 1.54) is 11.6 Å². The molecule has 0 heterocycles. The van der Waals surface area contributed by atoms with Crippen molar-refractivity contribution in [3.63, 3.8) is 0 Å². The van der Waals surface area contributed by atoms with E-state index in [0.29, 0.717) is 12.6 Å². The van der Waals surface area contributed by atoms with Crippen LogP contribution in [0.25, 0.3) is 0 Å². The van der Waals surface area contributed by atoms with E-state index in [0.717, 1.165) is 37.0 Å². The standard InChI is InChI=1S/C28H37F3N4O3/c1-5-6-8-18-11-13-19(14-12-18)16-33-24(27(2,3)4)23(25(32)37)35-22(36)17-34-26(38)20-9-7-10-21(15-20)28(29,30)31/h7,9-15,23-24,33H,5-6,8,16-17H2,1-4H3,(H2,32,37)(H,34,38)(H,35,36). The van der Waals surface area contributed by atoms with Crippen LogP contribution in [0.5, 0.6) is 0 Å². The molecule has 10 heteroatoms. The Bertz CT molecular complexity index is 1100. The van der Waals surface area contributed by atoms with Gasteiger partial charge in [0.15, 0.2) is 0 Å². The van der Waals surface area contributed by atoms with Gasteiger partial charge in [-0.15, -0.1) is 0 Å². The van der Waals surface area contributed by atoms with Crippen molar-refractivity contribution in [3.8, 4) is 0 Å². The molecule has 2 unspecified atom stereocenters. The molecule has 2 aromatic carbocycles. The van der Waals surface area contributed by atoms with E-state index in [4.69, 9.17) is 5.73 Å². The first kappa shape index (κ1) is 30.8. The first-order valence-corrected chi connectivity index (χ1v) is 12.6. The molecule has 0 spiro atoms. The fourth-order valence-electron chi connectivity index (χ4n) is 4.00. The molecular formula is C28H37F3N4O3. The van der Waals surface area contributed by atoms with Crippen LogP contribution in [0, 0.1) is 5.41 Å². The molecule has 38 heavy (non-hydrogen) atoms. The number of alkyl halides is 3. The number of hydrogen-bond acceptors (Lipinski definition) is 4. The average Bonchev–Trinajstić information content (AvgIpc) is 2.84. The summed E-state index contributed by atoms with van der Waals surface area (Å²) >= 11 is 0. The summed E-state index contributed by atoms with van der Waals surface area (Å²) in [6.07, 6.45) is -1.36. The summed E-state index contributed by atoms with van der Waals surface area (Å²) < 4.78 is 38.8. The quantitative estimate of drug-likeness (QED) is 0.330. The van der Waals surface area contributed by atoms with Gasteiger partial charge in [-0.25, -0.2) is 0 Å². The zero-order valence-electron chi connectivity index (χ0n) is 22.2. The summed E-state index contributed by atoms with van der Waals surface area (Å²) in [5, 5.41) is 8.18. The fraction of sp³-hybridized carbons (Fsp3) is 0.464. The molecule has 5 N–H and O–H groups in total. The van der Waals surface area contributed by atoms with Gasteiger partial charge in [0.1, 0.15) is 6.04 Å². The fourth-order valence-corrected chi connectivity index (χ4v) is 4.00. The Kier molecular flexibility index (Phi) is 10.9. The van der Waals surface area contributed by atoms with Crippen molar-refractivity contribution in [2.24, 2.45) is 11.1 Å². The van der Waals surface area contributed by atoms with Gasteiger partial charge in [0.25, 0.3) is 5.91 Å². The van der Waals surface area contributed by atoms with E-state index in [1.54, 1.807) is 0 Å². The molecule has 2 aromatic rings. The Morgan fingerprint density at radius 2 is 1.61 bits per heavy atom. The van der Waals surface area contributed by atoms with Gasteiger partial charge in [-0.1, -0.05) is 64.4 Å². The van der Waals surface area contributed by atoms with Gasteiger partial charge in [0.05, 0.1) is 12.1 Å². The molecule has 0 saturated heterocycles. The van der Waals surface area contributed by atoms with Crippen molar-refractivity contribution in [3.05, 3.63) is 70.8 Å². The summed E-state index contributed by atoms with van der Waals surface area (Å²) in [5.74, 6) is -2.31. The second-order valence-electron chi connectivity index (χ2n) is 10.4. The lowest BCUT2D eigenvalue weighted by Crippen LogP contribution is -2.61. The van der Waals surface area contributed by atoms with Crippen LogP contribution < -0.4 is 21.7 Å². The molecule has 3 amide bonds. The molecule has 208 valence electrons. The van der Waals surface area contributed by atoms with E-state index < -0.39 is 53.5 Å². The van der Waals surface area contributed by atoms with Crippen LogP contribution in [-0.4, -0.2) is 36.3 Å². The molecule has 0 aliphatic rings. The number of rotatable bonds is 12. The Labute approximate surface area is 221 Å². The first-order valence-electron chi connectivity index (χ1n) is 12.6. The number of carbonyl (C=O) groups is 3. The number of aryl methyl sites for hydroxylation is 1. The summed E-state index contributed by atoms with van der Waals surface area (Å²) in [6, 6.07) is 10.4. The van der Waals surface area contributed by atoms with Crippen molar-refractivity contribution in [1.82, 2.24) is 16.0 Å². The molecule has 0 bridgehead atoms. The zero-order valence-corrected chi connectivity index (χ0v) is 22.2. The third-order valence-corrected chi connectivity index (χ3v) is 6.12. The topological polar surface area (TPSA) is 113 Å². The smallest absolute Gasteiger partial charge is 0.368 e. The van der Waals surface area contributed by atoms with Gasteiger partial charge in [0, 0.05) is 18.2 Å². The number of benzene rings is 2. The first-order chi connectivity index (χ1) is 17.7. The van der Waals surface area contributed by atoms with Crippen LogP contribution in [0.1, 0.15) is 67.6 Å². The van der Waals surface area contributed by atoms with Gasteiger partial charge in [0.2, 0.25) is 11.8 Å². The number of carbonyl (C=O) groups excluding carboxylic acids is 3. The maximum absolute atomic E-state index is 12.9. The monoisotopic (exact) mass is 534 g/mol. The van der Waals surface area contributed by atoms with Crippen LogP contribution in [0.2, 0.25) is 0 Å². The van der Waals surface area contributed by atoms with Crippen LogP contribution >= 0.6 is 0 Å². The van der Waals surface area contributed by atoms with Gasteiger partial charge in [-0.05, 0) is 47.6 Å². The zero-order chi connectivity index (χ0) is 28.5. The highest BCUT2D eigenvalue weighted by atomic mass is 19.4. The number of hydrogen-bond donors (Lipinski definition) is 4. The summed E-state index contributed by atoms with van der Waals surface area (Å²) in [5.41, 5.74) is 6.18. The minimum Gasteiger partial charge on any atom is -0.368 e. The van der Waals surface area contributed by atoms with E-state index in [1.807, 2.05) is 32.9 Å². The normalized spacial score (nSPS) is 13.4. The molecule has 0 aliphatic heterocycles. The second kappa shape index (κ2) is 13.4. The van der Waals surface area contributed by atoms with Gasteiger partial charge >= 0.3 is 6.18 Å². The number of primary amides is 1. The van der Waals surface area contributed by atoms with Crippen LogP contribution in [0.4, 0.5) is 13.2 Å². The second-order valence-corrected chi connectivity index (χ2v) is 10.4. The van der Waals surface area contributed by atoms with Crippen molar-refractivity contribution in [2.75, 3.05) is 6.54 Å². The van der Waals surface area contributed by atoms with Crippen molar-refractivity contribution < 1.29 is 27.6 Å². The predicted octanol–water partition coefficient (Wildman–Crippen LogP) is 3.95. The van der Waals surface area contributed by atoms with Crippen molar-refractivity contribution in [2.45, 2.75) is 71.8 Å². The van der Waals surface area contributed by atoms with E-state index in [2.05, 4.69) is 35.0 Å². The molecule has 0 radical (unpaired) electrons. The maximum atomic E-state index is 12.9. The van der Waals surface area contributed by atoms with Crippen molar-refractivity contribution in [1.29, 1.82) is 0 Å². The lowest BCUT2D eigenvalue weighted by Gasteiger charge is -2.37. The molecule has 0 aliphatic carbocycles.